The van der Waals surface area contributed by atoms with Gasteiger partial charge in [-0.2, -0.15) is 0 Å². The Balaban J connectivity index is 1.47. The monoisotopic (exact) mass is 544 g/mol. The van der Waals surface area contributed by atoms with Crippen LogP contribution in [0.5, 0.6) is 11.5 Å². The number of amides is 1. The Morgan fingerprint density at radius 3 is 2.44 bits per heavy atom. The van der Waals surface area contributed by atoms with Crippen molar-refractivity contribution >= 4 is 38.2 Å². The second-order valence-electron chi connectivity index (χ2n) is 11.6. The predicted molar refractivity (Wildman–Crippen MR) is 142 cm³/mol. The number of nitrogens with zero attached hydrogens (tertiary/aromatic N) is 1. The zero-order chi connectivity index (χ0) is 28.5. The number of fused-ring (bicyclic) bond motifs is 2. The van der Waals surface area contributed by atoms with Crippen LogP contribution < -0.4 is 14.8 Å². The van der Waals surface area contributed by atoms with E-state index in [1.807, 2.05) is 0 Å². The number of rotatable bonds is 8. The third kappa shape index (κ3) is 4.87. The maximum atomic E-state index is 15.4. The van der Waals surface area contributed by atoms with Gasteiger partial charge in [0.05, 0.1) is 35.9 Å². The van der Waals surface area contributed by atoms with Crippen LogP contribution in [-0.4, -0.2) is 65.9 Å². The molecule has 1 aromatic heterocycles. The first-order valence-electron chi connectivity index (χ1n) is 12.6. The summed E-state index contributed by atoms with van der Waals surface area (Å²) in [5, 5.41) is 32.6. The van der Waals surface area contributed by atoms with Crippen LogP contribution in [0.1, 0.15) is 37.9 Å². The van der Waals surface area contributed by atoms with Crippen LogP contribution in [0.15, 0.2) is 36.4 Å². The van der Waals surface area contributed by atoms with Crippen molar-refractivity contribution in [2.45, 2.75) is 61.9 Å². The van der Waals surface area contributed by atoms with Crippen LogP contribution in [0.2, 0.25) is 0 Å². The third-order valence-corrected chi connectivity index (χ3v) is 7.64. The lowest BCUT2D eigenvalue weighted by atomic mass is 9.62. The molecule has 1 atom stereocenters. The average Bonchev–Trinajstić information content (AvgIpc) is 3.49. The highest BCUT2D eigenvalue weighted by molar-refractivity contribution is 6.39. The lowest BCUT2D eigenvalue weighted by Crippen LogP contribution is -2.46. The fourth-order valence-electron chi connectivity index (χ4n) is 4.87. The van der Waals surface area contributed by atoms with Gasteiger partial charge in [-0.3, -0.25) is 4.79 Å². The molecule has 1 amide bonds. The van der Waals surface area contributed by atoms with E-state index < -0.39 is 40.4 Å². The van der Waals surface area contributed by atoms with Crippen molar-refractivity contribution in [2.75, 3.05) is 11.9 Å². The summed E-state index contributed by atoms with van der Waals surface area (Å²) in [6.07, 6.45) is -4.07. The molecule has 0 spiro atoms. The number of alkyl halides is 2. The highest BCUT2D eigenvalue weighted by atomic mass is 19.3. The number of anilines is 1. The van der Waals surface area contributed by atoms with E-state index in [9.17, 15) is 28.9 Å². The Morgan fingerprint density at radius 1 is 1.15 bits per heavy atom. The summed E-state index contributed by atoms with van der Waals surface area (Å²) in [5.41, 5.74) is -0.360. The Morgan fingerprint density at radius 2 is 1.82 bits per heavy atom. The van der Waals surface area contributed by atoms with Gasteiger partial charge in [0, 0.05) is 28.0 Å². The number of carbonyl (C=O) groups excluding carboxylic acids is 1. The Bertz CT molecular complexity index is 1470. The topological polar surface area (TPSA) is 113 Å². The molecule has 1 saturated carbocycles. The van der Waals surface area contributed by atoms with E-state index in [4.69, 9.17) is 0 Å². The van der Waals surface area contributed by atoms with Gasteiger partial charge in [-0.1, -0.05) is 19.9 Å². The molecule has 8 nitrogen and oxygen atoms in total. The largest absolute Gasteiger partial charge is 0.586 e. The summed E-state index contributed by atoms with van der Waals surface area (Å²) in [5.74, 6) is -1.50. The van der Waals surface area contributed by atoms with Crippen LogP contribution in [0.4, 0.5) is 18.9 Å². The molecular weight excluding hydrogens is 515 g/mol. The first kappa shape index (κ1) is 27.4. The van der Waals surface area contributed by atoms with E-state index in [-0.39, 0.29) is 30.3 Å². The minimum atomic E-state index is -3.78. The van der Waals surface area contributed by atoms with Crippen LogP contribution >= 0.6 is 0 Å². The molecule has 206 valence electrons. The molecule has 5 rings (SSSR count). The molecule has 0 saturated heterocycles. The lowest BCUT2D eigenvalue weighted by Gasteiger charge is -2.30. The number of aromatic nitrogens is 1. The number of hydrogen-bond donors (Lipinski definition) is 4. The number of carbonyl (C=O) groups is 1. The van der Waals surface area contributed by atoms with Crippen molar-refractivity contribution < 1.29 is 42.8 Å². The van der Waals surface area contributed by atoms with Crippen molar-refractivity contribution in [1.82, 2.24) is 4.57 Å². The molecule has 4 N–H and O–H groups in total. The molecule has 2 heterocycles. The van der Waals surface area contributed by atoms with Gasteiger partial charge in [-0.15, -0.1) is 8.78 Å². The van der Waals surface area contributed by atoms with E-state index >= 15 is 4.39 Å². The predicted octanol–water partition coefficient (Wildman–Crippen LogP) is 1.32. The van der Waals surface area contributed by atoms with Gasteiger partial charge in [0.2, 0.25) is 5.91 Å². The van der Waals surface area contributed by atoms with Crippen molar-refractivity contribution in [3.8, 4) is 11.5 Å². The number of benzene rings is 2. The summed E-state index contributed by atoms with van der Waals surface area (Å²) in [6, 6.07) is 8.65. The molecule has 39 heavy (non-hydrogen) atoms. The zero-order valence-corrected chi connectivity index (χ0v) is 22.0. The molecule has 0 unspecified atom stereocenters. The Hall–Kier alpha value is -3.15. The smallest absolute Gasteiger partial charge is 0.405 e. The number of hydrogen-bond acceptors (Lipinski definition) is 6. The second kappa shape index (κ2) is 8.94. The first-order valence-corrected chi connectivity index (χ1v) is 12.6. The highest BCUT2D eigenvalue weighted by Crippen LogP contribution is 2.52. The van der Waals surface area contributed by atoms with Crippen LogP contribution in [0.25, 0.3) is 10.9 Å². The zero-order valence-electron chi connectivity index (χ0n) is 22.0. The third-order valence-electron chi connectivity index (χ3n) is 7.64. The fraction of sp³-hybridized carbons (Fsp3) is 0.423. The fourth-order valence-corrected chi connectivity index (χ4v) is 4.87. The highest BCUT2D eigenvalue weighted by Gasteiger charge is 2.53. The van der Waals surface area contributed by atoms with Crippen LogP contribution in [0.3, 0.4) is 0 Å². The Labute approximate surface area is 224 Å². The normalized spacial score (nSPS) is 18.3. The van der Waals surface area contributed by atoms with Crippen LogP contribution in [-0.2, 0) is 22.2 Å². The SMILES string of the molecule is BC(B)(O)[C@H](O)Cn1c(C(C)(C)CO)cc2cc(NC(=O)C3(c4ccc5c(c4)OC(F)(F)O5)CC3)c(F)cc21. The maximum Gasteiger partial charge on any atom is 0.586 e. The van der Waals surface area contributed by atoms with Gasteiger partial charge in [0.15, 0.2) is 11.5 Å². The molecule has 1 aliphatic carbocycles. The summed E-state index contributed by atoms with van der Waals surface area (Å²) in [4.78, 5) is 13.3. The minimum Gasteiger partial charge on any atom is -0.405 e. The number of halogens is 3. The second-order valence-corrected chi connectivity index (χ2v) is 11.6. The van der Waals surface area contributed by atoms with Crippen molar-refractivity contribution in [2.24, 2.45) is 0 Å². The first-order chi connectivity index (χ1) is 18.1. The van der Waals surface area contributed by atoms with E-state index in [1.54, 1.807) is 24.5 Å². The minimum absolute atomic E-state index is 0.0524. The molecule has 0 radical (unpaired) electrons. The number of aliphatic hydroxyl groups is 3. The quantitative estimate of drug-likeness (QED) is 0.319. The van der Waals surface area contributed by atoms with Gasteiger partial charge in [0.1, 0.15) is 21.5 Å². The van der Waals surface area contributed by atoms with Gasteiger partial charge in [-0.05, 0) is 42.7 Å². The standard InChI is InChI=1S/C26H29B2F3N2O6/c1-23(2,12-34)20-8-13-7-16(15(29)10-17(13)33(20)11-21(35)25(27,28)37)32-22(36)24(5-6-24)14-3-4-18-19(9-14)39-26(30,31)38-18/h3-4,7-10,21,34-35,37H,5-6,11-12,27-28H2,1-2H3,(H,32,36)/t21-/m1/s1. The van der Waals surface area contributed by atoms with Crippen molar-refractivity contribution in [3.63, 3.8) is 0 Å². The summed E-state index contributed by atoms with van der Waals surface area (Å²) >= 11 is 0. The summed E-state index contributed by atoms with van der Waals surface area (Å²) in [6.45, 7) is 3.32. The van der Waals surface area contributed by atoms with E-state index in [1.165, 1.54) is 46.0 Å². The van der Waals surface area contributed by atoms with Gasteiger partial charge in [-0.25, -0.2) is 4.39 Å². The number of ether oxygens (including phenoxy) is 2. The molecule has 2 aliphatic rings. The lowest BCUT2D eigenvalue weighted by molar-refractivity contribution is -0.286. The molecule has 1 aliphatic heterocycles. The van der Waals surface area contributed by atoms with E-state index in [0.29, 0.717) is 35.0 Å². The molecule has 0 bridgehead atoms. The molecular formula is C26H29B2F3N2O6. The van der Waals surface area contributed by atoms with Gasteiger partial charge in [0.25, 0.3) is 0 Å². The molecule has 3 aromatic rings. The number of nitrogens with one attached hydrogen (secondary N) is 1. The van der Waals surface area contributed by atoms with Crippen molar-refractivity contribution in [1.29, 1.82) is 0 Å². The van der Waals surface area contributed by atoms with E-state index in [2.05, 4.69) is 14.8 Å². The average molecular weight is 544 g/mol. The maximum absolute atomic E-state index is 15.4. The number of aliphatic hydroxyl groups excluding tert-OH is 2. The molecule has 2 aromatic carbocycles. The van der Waals surface area contributed by atoms with Crippen molar-refractivity contribution in [3.05, 3.63) is 53.5 Å². The van der Waals surface area contributed by atoms with Crippen LogP contribution in [0, 0.1) is 5.82 Å². The van der Waals surface area contributed by atoms with Gasteiger partial charge >= 0.3 is 6.29 Å². The van der Waals surface area contributed by atoms with E-state index in [0.717, 1.165) is 0 Å². The Kier molecular flexibility index (Phi) is 6.28. The molecule has 13 heteroatoms. The summed E-state index contributed by atoms with van der Waals surface area (Å²) < 4.78 is 52.9. The molecule has 1 fully saturated rings. The summed E-state index contributed by atoms with van der Waals surface area (Å²) in [7, 11) is 2.93. The van der Waals surface area contributed by atoms with Gasteiger partial charge < -0.3 is 34.7 Å².